The zero-order chi connectivity index (χ0) is 8.27. The van der Waals surface area contributed by atoms with Crippen LogP contribution in [0.15, 0.2) is 18.2 Å². The monoisotopic (exact) mass is 185 g/mol. The van der Waals surface area contributed by atoms with E-state index in [4.69, 9.17) is 5.73 Å². The average Bonchev–Trinajstić information content (AvgIpc) is 2.05. The van der Waals surface area contributed by atoms with Gasteiger partial charge < -0.3 is 5.73 Å². The fraction of sp³-hybridized carbons (Fsp3) is 0.400. The number of hydrogen-bond donors (Lipinski definition) is 1. The molecule has 1 rings (SSSR count). The summed E-state index contributed by atoms with van der Waals surface area (Å²) in [7, 11) is 0. The molecule has 2 N–H and O–H groups in total. The zero-order valence-corrected chi connectivity index (χ0v) is 8.45. The Morgan fingerprint density at radius 3 is 1.83 bits per heavy atom. The maximum absolute atomic E-state index is 5.90. The third-order valence-corrected chi connectivity index (χ3v) is 2.05. The van der Waals surface area contributed by atoms with E-state index in [9.17, 15) is 0 Å². The van der Waals surface area contributed by atoms with Gasteiger partial charge in [-0.2, -0.15) is 0 Å². The van der Waals surface area contributed by atoms with E-state index in [0.29, 0.717) is 0 Å². The van der Waals surface area contributed by atoms with Crippen LogP contribution in [0.4, 0.5) is 5.69 Å². The van der Waals surface area contributed by atoms with Crippen molar-refractivity contribution in [3.8, 4) is 0 Å². The van der Waals surface area contributed by atoms with E-state index in [1.807, 2.05) is 0 Å². The van der Waals surface area contributed by atoms with Crippen LogP contribution in [0.1, 0.15) is 25.0 Å². The summed E-state index contributed by atoms with van der Waals surface area (Å²) in [6.45, 7) is 4.26. The molecule has 0 amide bonds. The van der Waals surface area contributed by atoms with E-state index in [0.717, 1.165) is 18.5 Å². The van der Waals surface area contributed by atoms with Crippen LogP contribution < -0.4 is 5.73 Å². The Hall–Kier alpha value is -0.690. The lowest BCUT2D eigenvalue weighted by atomic mass is 10.0. The van der Waals surface area contributed by atoms with Crippen LogP contribution in [-0.2, 0) is 12.8 Å². The molecule has 0 saturated heterocycles. The summed E-state index contributed by atoms with van der Waals surface area (Å²) in [6, 6.07) is 6.26. The molecule has 1 nitrogen and oxygen atoms in total. The quantitative estimate of drug-likeness (QED) is 0.705. The molecule has 0 radical (unpaired) electrons. The molecule has 0 atom stereocenters. The average molecular weight is 186 g/mol. The van der Waals surface area contributed by atoms with Crippen molar-refractivity contribution in [1.29, 1.82) is 0 Å². The van der Waals surface area contributed by atoms with Crippen LogP contribution in [-0.4, -0.2) is 0 Å². The van der Waals surface area contributed by atoms with Crippen molar-refractivity contribution in [3.05, 3.63) is 29.3 Å². The number of hydrogen-bond acceptors (Lipinski definition) is 1. The third kappa shape index (κ3) is 2.15. The molecule has 0 bridgehead atoms. The van der Waals surface area contributed by atoms with Crippen molar-refractivity contribution in [3.63, 3.8) is 0 Å². The highest BCUT2D eigenvalue weighted by atomic mass is 35.5. The number of nitrogen functional groups attached to an aromatic ring is 1. The van der Waals surface area contributed by atoms with Gasteiger partial charge in [-0.15, -0.1) is 12.4 Å². The van der Waals surface area contributed by atoms with Gasteiger partial charge in [-0.25, -0.2) is 0 Å². The molecular formula is C10H16ClN. The van der Waals surface area contributed by atoms with Gasteiger partial charge in [-0.05, 0) is 24.0 Å². The molecule has 68 valence electrons. The normalized spacial score (nSPS) is 9.17. The van der Waals surface area contributed by atoms with Crippen LogP contribution in [0.5, 0.6) is 0 Å². The van der Waals surface area contributed by atoms with Gasteiger partial charge in [0.25, 0.3) is 0 Å². The first kappa shape index (κ1) is 11.3. The summed E-state index contributed by atoms with van der Waals surface area (Å²) < 4.78 is 0. The molecular weight excluding hydrogens is 170 g/mol. The number of rotatable bonds is 2. The Morgan fingerprint density at radius 1 is 1.08 bits per heavy atom. The highest BCUT2D eigenvalue weighted by Gasteiger charge is 1.99. The van der Waals surface area contributed by atoms with Crippen molar-refractivity contribution in [2.45, 2.75) is 26.7 Å². The minimum absolute atomic E-state index is 0. The number of nitrogens with two attached hydrogens (primary N) is 1. The van der Waals surface area contributed by atoms with E-state index in [1.54, 1.807) is 0 Å². The minimum Gasteiger partial charge on any atom is -0.398 e. The molecule has 0 fully saturated rings. The predicted octanol–water partition coefficient (Wildman–Crippen LogP) is 2.82. The highest BCUT2D eigenvalue weighted by molar-refractivity contribution is 5.85. The Kier molecular flexibility index (Phi) is 4.75. The van der Waals surface area contributed by atoms with Gasteiger partial charge in [-0.1, -0.05) is 32.0 Å². The molecule has 1 aromatic carbocycles. The highest BCUT2D eigenvalue weighted by Crippen LogP contribution is 2.17. The van der Waals surface area contributed by atoms with E-state index in [1.165, 1.54) is 11.1 Å². The molecule has 0 aromatic heterocycles. The number of anilines is 1. The van der Waals surface area contributed by atoms with Crippen LogP contribution in [0.3, 0.4) is 0 Å². The van der Waals surface area contributed by atoms with Crippen molar-refractivity contribution >= 4 is 18.1 Å². The third-order valence-electron chi connectivity index (χ3n) is 2.05. The fourth-order valence-electron chi connectivity index (χ4n) is 1.28. The first-order valence-corrected chi connectivity index (χ1v) is 4.15. The van der Waals surface area contributed by atoms with Crippen LogP contribution in [0, 0.1) is 0 Å². The van der Waals surface area contributed by atoms with Gasteiger partial charge in [0.2, 0.25) is 0 Å². The Labute approximate surface area is 80.4 Å². The lowest BCUT2D eigenvalue weighted by molar-refractivity contribution is 1.09. The Bertz CT molecular complexity index is 223. The van der Waals surface area contributed by atoms with Gasteiger partial charge in [0, 0.05) is 5.69 Å². The van der Waals surface area contributed by atoms with Crippen molar-refractivity contribution in [2.24, 2.45) is 0 Å². The van der Waals surface area contributed by atoms with Crippen LogP contribution >= 0.6 is 12.4 Å². The summed E-state index contributed by atoms with van der Waals surface area (Å²) in [5, 5.41) is 0. The van der Waals surface area contributed by atoms with Crippen molar-refractivity contribution < 1.29 is 0 Å². The summed E-state index contributed by atoms with van der Waals surface area (Å²) in [6.07, 6.45) is 2.05. The SMILES string of the molecule is CCc1cccc(CC)c1N.Cl. The zero-order valence-electron chi connectivity index (χ0n) is 7.63. The summed E-state index contributed by atoms with van der Waals surface area (Å²) >= 11 is 0. The van der Waals surface area contributed by atoms with E-state index in [-0.39, 0.29) is 12.4 Å². The summed E-state index contributed by atoms with van der Waals surface area (Å²) in [5.74, 6) is 0. The molecule has 0 spiro atoms. The molecule has 0 aliphatic heterocycles. The molecule has 12 heavy (non-hydrogen) atoms. The smallest absolute Gasteiger partial charge is 0.0378 e. The summed E-state index contributed by atoms with van der Waals surface area (Å²) in [5.41, 5.74) is 9.42. The van der Waals surface area contributed by atoms with Gasteiger partial charge in [-0.3, -0.25) is 0 Å². The molecule has 1 aromatic rings. The molecule has 2 heteroatoms. The van der Waals surface area contributed by atoms with Gasteiger partial charge in [0.15, 0.2) is 0 Å². The number of para-hydroxylation sites is 1. The Balaban J connectivity index is 0.00000121. The number of benzene rings is 1. The maximum atomic E-state index is 5.90. The molecule has 0 heterocycles. The van der Waals surface area contributed by atoms with Crippen molar-refractivity contribution in [1.82, 2.24) is 0 Å². The topological polar surface area (TPSA) is 26.0 Å². The van der Waals surface area contributed by atoms with E-state index in [2.05, 4.69) is 32.0 Å². The second-order valence-corrected chi connectivity index (χ2v) is 2.70. The van der Waals surface area contributed by atoms with Gasteiger partial charge in [0.05, 0.1) is 0 Å². The minimum atomic E-state index is 0. The lowest BCUT2D eigenvalue weighted by Crippen LogP contribution is -1.97. The van der Waals surface area contributed by atoms with Crippen LogP contribution in [0.25, 0.3) is 0 Å². The van der Waals surface area contributed by atoms with Crippen molar-refractivity contribution in [2.75, 3.05) is 5.73 Å². The fourth-order valence-corrected chi connectivity index (χ4v) is 1.28. The maximum Gasteiger partial charge on any atom is 0.0378 e. The lowest BCUT2D eigenvalue weighted by Gasteiger charge is -2.06. The second-order valence-electron chi connectivity index (χ2n) is 2.70. The second kappa shape index (κ2) is 5.04. The Morgan fingerprint density at radius 2 is 1.50 bits per heavy atom. The predicted molar refractivity (Wildman–Crippen MR) is 56.9 cm³/mol. The first-order valence-electron chi connectivity index (χ1n) is 4.15. The standard InChI is InChI=1S/C10H15N.ClH/c1-3-8-6-5-7-9(4-2)10(8)11;/h5-7H,3-4,11H2,1-2H3;1H. The molecule has 0 unspecified atom stereocenters. The van der Waals surface area contributed by atoms with E-state index >= 15 is 0 Å². The number of aryl methyl sites for hydroxylation is 2. The van der Waals surface area contributed by atoms with E-state index < -0.39 is 0 Å². The first-order chi connectivity index (χ1) is 5.29. The summed E-state index contributed by atoms with van der Waals surface area (Å²) in [4.78, 5) is 0. The molecule has 0 aliphatic rings. The van der Waals surface area contributed by atoms with Crippen LogP contribution in [0.2, 0.25) is 0 Å². The molecule has 0 aliphatic carbocycles. The van der Waals surface area contributed by atoms with Gasteiger partial charge >= 0.3 is 0 Å². The molecule has 0 saturated carbocycles. The largest absolute Gasteiger partial charge is 0.398 e. The van der Waals surface area contributed by atoms with Gasteiger partial charge in [0.1, 0.15) is 0 Å². The number of halogens is 1.